The number of aromatic nitrogens is 1. The topological polar surface area (TPSA) is 127 Å². The second kappa shape index (κ2) is 15.2. The van der Waals surface area contributed by atoms with Gasteiger partial charge in [-0.1, -0.05) is 19.3 Å². The number of likely N-dealkylation sites (tertiary alicyclic amines) is 2. The molecular weight excluding hydrogens is 627 g/mol. The van der Waals surface area contributed by atoms with Crippen LogP contribution in [0.15, 0.2) is 11.7 Å². The molecule has 0 radical (unpaired) electrons. The van der Waals surface area contributed by atoms with E-state index in [1.54, 1.807) is 23.7 Å². The van der Waals surface area contributed by atoms with E-state index in [1.165, 1.54) is 30.6 Å². The molecule has 0 bridgehead atoms. The largest absolute Gasteiger partial charge is 0.597 e. The van der Waals surface area contributed by atoms with Gasteiger partial charge in [0.15, 0.2) is 0 Å². The Morgan fingerprint density at radius 3 is 2.43 bits per heavy atom. The molecule has 1 unspecified atom stereocenters. The zero-order chi connectivity index (χ0) is 33.1. The van der Waals surface area contributed by atoms with Crippen LogP contribution in [0, 0.1) is 23.2 Å². The van der Waals surface area contributed by atoms with Gasteiger partial charge < -0.3 is 29.1 Å². The molecule has 1 spiro atoms. The average molecular weight is 680 g/mol. The quantitative estimate of drug-likeness (QED) is 0.353. The van der Waals surface area contributed by atoms with E-state index in [1.807, 2.05) is 36.9 Å². The van der Waals surface area contributed by atoms with Gasteiger partial charge >= 0.3 is 0 Å². The zero-order valence-corrected chi connectivity index (χ0v) is 29.8. The highest BCUT2D eigenvalue weighted by Gasteiger charge is 2.62. The van der Waals surface area contributed by atoms with Crippen molar-refractivity contribution in [3.05, 3.63) is 16.6 Å². The number of rotatable bonds is 11. The van der Waals surface area contributed by atoms with Crippen molar-refractivity contribution in [2.24, 2.45) is 23.2 Å². The van der Waals surface area contributed by atoms with Crippen LogP contribution < -0.4 is 5.32 Å². The number of hydrogen-bond donors (Lipinski definition) is 1. The van der Waals surface area contributed by atoms with Crippen LogP contribution in [-0.2, 0) is 30.4 Å². The zero-order valence-electron chi connectivity index (χ0n) is 28.2. The first-order valence-electron chi connectivity index (χ1n) is 17.0. The Morgan fingerprint density at radius 1 is 1.07 bits per heavy atom. The van der Waals surface area contributed by atoms with Crippen molar-refractivity contribution in [3.63, 3.8) is 0 Å². The van der Waals surface area contributed by atoms with E-state index >= 15 is 0 Å². The highest BCUT2D eigenvalue weighted by Crippen LogP contribution is 2.47. The van der Waals surface area contributed by atoms with Crippen LogP contribution in [0.5, 0.6) is 0 Å². The Kier molecular flexibility index (Phi) is 11.7. The first-order chi connectivity index (χ1) is 21.9. The van der Waals surface area contributed by atoms with Crippen molar-refractivity contribution in [1.82, 2.24) is 24.4 Å². The minimum Gasteiger partial charge on any atom is -0.597 e. The van der Waals surface area contributed by atoms with Gasteiger partial charge in [0.2, 0.25) is 11.8 Å². The van der Waals surface area contributed by atoms with Crippen molar-refractivity contribution >= 4 is 40.4 Å². The Labute approximate surface area is 281 Å². The third kappa shape index (κ3) is 8.08. The third-order valence-corrected chi connectivity index (χ3v) is 12.8. The summed E-state index contributed by atoms with van der Waals surface area (Å²) in [6, 6.07) is -0.847. The molecule has 1 aliphatic carbocycles. The van der Waals surface area contributed by atoms with Gasteiger partial charge in [-0.05, 0) is 65.2 Å². The van der Waals surface area contributed by atoms with Gasteiger partial charge in [0.25, 0.3) is 5.91 Å². The SMILES string of the molecule is COC[C@H]1CCCN(C(=O)[C@@H](NC(=O)[C@@H]2CN(C(=O)c3cncs3)CC23CN([S+]([O-])C(C)(C)C)C3)[C@@H](C)OCC2CCCCC2)C1. The summed E-state index contributed by atoms with van der Waals surface area (Å²) in [4.78, 5) is 50.2. The van der Waals surface area contributed by atoms with Crippen LogP contribution in [0.3, 0.4) is 0 Å². The molecule has 46 heavy (non-hydrogen) atoms. The molecule has 1 saturated carbocycles. The van der Waals surface area contributed by atoms with Crippen LogP contribution in [0.1, 0.15) is 82.3 Å². The molecular formula is C33H53N5O6S2. The highest BCUT2D eigenvalue weighted by molar-refractivity contribution is 7.90. The first kappa shape index (κ1) is 35.5. The standard InChI is InChI=1S/C33H53N5O6S2/c1-23(44-18-24-10-7-6-8-11-24)28(31(41)36-13-9-12-25(15-36)17-43-5)35-29(39)26-16-37(30(40)27-14-34-22-45-27)19-33(26)20-38(21-33)46(42)32(2,3)4/h14,22-26,28H,6-13,15-21H2,1-5H3,(H,35,39)/t23-,25+,26+,28+,46?/m1/s1. The van der Waals surface area contributed by atoms with Crippen LogP contribution in [0.2, 0.25) is 0 Å². The molecule has 4 aliphatic rings. The van der Waals surface area contributed by atoms with Gasteiger partial charge in [0.05, 0.1) is 43.4 Å². The van der Waals surface area contributed by atoms with E-state index < -0.39 is 39.6 Å². The average Bonchev–Trinajstić information content (AvgIpc) is 3.70. The van der Waals surface area contributed by atoms with Gasteiger partial charge in [-0.2, -0.15) is 0 Å². The summed E-state index contributed by atoms with van der Waals surface area (Å²) in [5.74, 6) is -0.357. The molecule has 1 aromatic rings. The molecule has 4 heterocycles. The van der Waals surface area contributed by atoms with E-state index in [0.29, 0.717) is 56.7 Å². The molecule has 13 heteroatoms. The molecule has 5 atom stereocenters. The minimum absolute atomic E-state index is 0.126. The highest BCUT2D eigenvalue weighted by atomic mass is 32.2. The fraction of sp³-hybridized carbons (Fsp3) is 0.818. The molecule has 11 nitrogen and oxygen atoms in total. The summed E-state index contributed by atoms with van der Waals surface area (Å²) in [6.07, 6.45) is 8.85. The van der Waals surface area contributed by atoms with Crippen LogP contribution >= 0.6 is 11.3 Å². The number of carbonyl (C=O) groups is 3. The Bertz CT molecular complexity index is 1180. The van der Waals surface area contributed by atoms with Crippen molar-refractivity contribution in [3.8, 4) is 0 Å². The summed E-state index contributed by atoms with van der Waals surface area (Å²) < 4.78 is 26.5. The van der Waals surface area contributed by atoms with E-state index in [0.717, 1.165) is 25.7 Å². The van der Waals surface area contributed by atoms with Crippen molar-refractivity contribution in [2.75, 3.05) is 59.6 Å². The van der Waals surface area contributed by atoms with E-state index in [4.69, 9.17) is 9.47 Å². The summed E-state index contributed by atoms with van der Waals surface area (Å²) in [6.45, 7) is 11.6. The van der Waals surface area contributed by atoms with Crippen LogP contribution in [0.25, 0.3) is 0 Å². The number of piperidine rings is 1. The van der Waals surface area contributed by atoms with Gasteiger partial charge in [-0.25, -0.2) is 0 Å². The van der Waals surface area contributed by atoms with Crippen molar-refractivity contribution < 1.29 is 28.4 Å². The maximum atomic E-state index is 14.4. The van der Waals surface area contributed by atoms with Gasteiger partial charge in [0, 0.05) is 56.7 Å². The summed E-state index contributed by atoms with van der Waals surface area (Å²) >= 11 is 0.0421. The molecule has 4 fully saturated rings. The maximum Gasteiger partial charge on any atom is 0.265 e. The van der Waals surface area contributed by atoms with E-state index in [9.17, 15) is 18.9 Å². The number of carbonyl (C=O) groups excluding carboxylic acids is 3. The number of hydrogen-bond acceptors (Lipinski definition) is 9. The molecule has 0 aromatic carbocycles. The lowest BCUT2D eigenvalue weighted by molar-refractivity contribution is -0.145. The number of methoxy groups -OCH3 is 1. The first-order valence-corrected chi connectivity index (χ1v) is 18.9. The van der Waals surface area contributed by atoms with Crippen molar-refractivity contribution in [1.29, 1.82) is 0 Å². The lowest BCUT2D eigenvalue weighted by atomic mass is 9.72. The molecule has 1 N–H and O–H groups in total. The summed E-state index contributed by atoms with van der Waals surface area (Å²) in [7, 11) is 1.68. The molecule has 3 amide bonds. The summed E-state index contributed by atoms with van der Waals surface area (Å²) in [5.41, 5.74) is 1.07. The lowest BCUT2D eigenvalue weighted by Gasteiger charge is -2.50. The number of thiazole rings is 1. The monoisotopic (exact) mass is 679 g/mol. The number of amides is 3. The normalized spacial score (nSPS) is 26.0. The number of nitrogens with zero attached hydrogens (tertiary/aromatic N) is 4. The Hall–Kier alpha value is -1.77. The second-order valence-electron chi connectivity index (χ2n) is 14.9. The molecule has 1 aromatic heterocycles. The van der Waals surface area contributed by atoms with Crippen molar-refractivity contribution in [2.45, 2.75) is 89.5 Å². The Morgan fingerprint density at radius 2 is 1.78 bits per heavy atom. The van der Waals surface area contributed by atoms with Crippen LogP contribution in [-0.4, -0.2) is 118 Å². The van der Waals surface area contributed by atoms with Crippen LogP contribution in [0.4, 0.5) is 0 Å². The van der Waals surface area contributed by atoms with E-state index in [2.05, 4.69) is 10.3 Å². The molecule has 3 saturated heterocycles. The van der Waals surface area contributed by atoms with E-state index in [-0.39, 0.29) is 30.2 Å². The number of nitrogens with one attached hydrogen (secondary N) is 1. The smallest absolute Gasteiger partial charge is 0.265 e. The lowest BCUT2D eigenvalue weighted by Crippen LogP contribution is -2.67. The predicted molar refractivity (Wildman–Crippen MR) is 179 cm³/mol. The molecule has 258 valence electrons. The fourth-order valence-corrected chi connectivity index (χ4v) is 9.76. The third-order valence-electron chi connectivity index (χ3n) is 10.2. The fourth-order valence-electron chi connectivity index (χ4n) is 7.65. The van der Waals surface area contributed by atoms with Gasteiger partial charge in [-0.3, -0.25) is 19.4 Å². The maximum absolute atomic E-state index is 14.4. The predicted octanol–water partition coefficient (Wildman–Crippen LogP) is 3.33. The second-order valence-corrected chi connectivity index (χ2v) is 18.0. The molecule has 3 aliphatic heterocycles. The van der Waals surface area contributed by atoms with Gasteiger partial charge in [-0.15, -0.1) is 15.6 Å². The minimum atomic E-state index is -1.24. The summed E-state index contributed by atoms with van der Waals surface area (Å²) in [5, 5.41) is 3.15. The Balaban J connectivity index is 1.35. The number of ether oxygens (including phenoxy) is 2. The van der Waals surface area contributed by atoms with Gasteiger partial charge in [0.1, 0.15) is 15.7 Å². The molecule has 5 rings (SSSR count).